The highest BCUT2D eigenvalue weighted by Gasteiger charge is 2.12. The van der Waals surface area contributed by atoms with Crippen LogP contribution in [0.3, 0.4) is 0 Å². The van der Waals surface area contributed by atoms with Crippen molar-refractivity contribution in [1.29, 1.82) is 0 Å². The lowest BCUT2D eigenvalue weighted by molar-refractivity contribution is -0.113. The third kappa shape index (κ3) is 3.18. The number of anilines is 1. The molecule has 1 aromatic carbocycles. The Balaban J connectivity index is 3.14. The van der Waals surface area contributed by atoms with Crippen LogP contribution in [0.25, 0.3) is 0 Å². The zero-order valence-electron chi connectivity index (χ0n) is 8.33. The maximum atomic E-state index is 13.2. The zero-order valence-corrected chi connectivity index (χ0v) is 9.90. The van der Waals surface area contributed by atoms with E-state index in [0.29, 0.717) is 0 Å². The number of carbonyl (C=O) groups excluding carboxylic acids is 1. The number of nitrogens with one attached hydrogen (secondary N) is 1. The molecule has 16 heavy (non-hydrogen) atoms. The highest BCUT2D eigenvalue weighted by atomic mass is 35.5. The molecule has 0 atom stereocenters. The summed E-state index contributed by atoms with van der Waals surface area (Å²) in [5.74, 6) is -1.65. The number of amides is 1. The Kier molecular flexibility index (Phi) is 3.88. The van der Waals surface area contributed by atoms with Crippen LogP contribution in [-0.2, 0) is 14.6 Å². The Morgan fingerprint density at radius 2 is 2.12 bits per heavy atom. The molecule has 0 aliphatic rings. The van der Waals surface area contributed by atoms with Crippen LogP contribution in [0, 0.1) is 5.82 Å². The summed E-state index contributed by atoms with van der Waals surface area (Å²) in [4.78, 5) is 10.9. The molecule has 4 nitrogen and oxygen atoms in total. The van der Waals surface area contributed by atoms with Crippen molar-refractivity contribution >= 4 is 33.0 Å². The summed E-state index contributed by atoms with van der Waals surface area (Å²) < 4.78 is 35.6. The van der Waals surface area contributed by atoms with Crippen molar-refractivity contribution in [3.05, 3.63) is 24.0 Å². The van der Waals surface area contributed by atoms with E-state index in [2.05, 4.69) is 5.32 Å². The van der Waals surface area contributed by atoms with Crippen LogP contribution in [0.2, 0.25) is 0 Å². The molecule has 0 fully saturated rings. The van der Waals surface area contributed by atoms with Gasteiger partial charge in [0.25, 0.3) is 0 Å². The lowest BCUT2D eigenvalue weighted by atomic mass is 10.3. The number of rotatable bonds is 3. The van der Waals surface area contributed by atoms with Gasteiger partial charge in [-0.25, -0.2) is 12.8 Å². The fourth-order valence-electron chi connectivity index (χ4n) is 1.01. The summed E-state index contributed by atoms with van der Waals surface area (Å²) in [6, 6.07) is 3.15. The summed E-state index contributed by atoms with van der Waals surface area (Å²) in [5, 5.41) is 2.16. The smallest absolute Gasteiger partial charge is 0.239 e. The molecule has 0 radical (unpaired) electrons. The molecule has 0 bridgehead atoms. The molecule has 1 N–H and O–H groups in total. The minimum atomic E-state index is -3.44. The molecule has 0 saturated heterocycles. The van der Waals surface area contributed by atoms with E-state index in [4.69, 9.17) is 11.6 Å². The van der Waals surface area contributed by atoms with Crippen LogP contribution < -0.4 is 5.32 Å². The van der Waals surface area contributed by atoms with Gasteiger partial charge >= 0.3 is 0 Å². The number of hydrogen-bond acceptors (Lipinski definition) is 3. The average molecular weight is 266 g/mol. The monoisotopic (exact) mass is 265 g/mol. The van der Waals surface area contributed by atoms with Gasteiger partial charge in [-0.05, 0) is 18.2 Å². The Hall–Kier alpha value is -1.14. The summed E-state index contributed by atoms with van der Waals surface area (Å²) in [6.45, 7) is 0. The minimum absolute atomic E-state index is 0.0706. The van der Waals surface area contributed by atoms with Crippen LogP contribution in [0.15, 0.2) is 23.1 Å². The summed E-state index contributed by atoms with van der Waals surface area (Å²) in [5.41, 5.74) is -0.200. The van der Waals surface area contributed by atoms with Gasteiger partial charge in [-0.15, -0.1) is 11.6 Å². The second kappa shape index (κ2) is 4.80. The van der Waals surface area contributed by atoms with E-state index in [-0.39, 0.29) is 16.5 Å². The molecule has 0 aliphatic heterocycles. The number of carbonyl (C=O) groups is 1. The number of hydrogen-bond donors (Lipinski definition) is 1. The SMILES string of the molecule is CS(=O)(=O)c1ccc(F)c(NC(=O)CCl)c1. The maximum Gasteiger partial charge on any atom is 0.239 e. The Morgan fingerprint density at radius 1 is 1.50 bits per heavy atom. The van der Waals surface area contributed by atoms with Crippen LogP contribution in [0.1, 0.15) is 0 Å². The van der Waals surface area contributed by atoms with E-state index in [0.717, 1.165) is 24.5 Å². The van der Waals surface area contributed by atoms with Crippen LogP contribution >= 0.6 is 11.6 Å². The largest absolute Gasteiger partial charge is 0.323 e. The molecule has 7 heteroatoms. The summed E-state index contributed by atoms with van der Waals surface area (Å²) >= 11 is 5.23. The van der Waals surface area contributed by atoms with Gasteiger partial charge in [0.2, 0.25) is 5.91 Å². The normalized spacial score (nSPS) is 11.2. The highest BCUT2D eigenvalue weighted by molar-refractivity contribution is 7.90. The molecule has 88 valence electrons. The van der Waals surface area contributed by atoms with E-state index in [1.807, 2.05) is 0 Å². The van der Waals surface area contributed by atoms with Crippen molar-refractivity contribution in [2.75, 3.05) is 17.5 Å². The lowest BCUT2D eigenvalue weighted by Crippen LogP contribution is -2.14. The standard InChI is InChI=1S/C9H9ClFNO3S/c1-16(14,15)6-2-3-7(11)8(4-6)12-9(13)5-10/h2-4H,5H2,1H3,(H,12,13). The molecule has 1 aromatic rings. The van der Waals surface area contributed by atoms with Crippen LogP contribution in [0.5, 0.6) is 0 Å². The third-order valence-corrected chi connectivity index (χ3v) is 3.11. The van der Waals surface area contributed by atoms with Crippen LogP contribution in [-0.4, -0.2) is 26.5 Å². The first-order valence-electron chi connectivity index (χ1n) is 4.20. The van der Waals surface area contributed by atoms with Crippen LogP contribution in [0.4, 0.5) is 10.1 Å². The summed E-state index contributed by atoms with van der Waals surface area (Å²) in [6.07, 6.45) is 0.993. The van der Waals surface area contributed by atoms with Gasteiger partial charge in [-0.2, -0.15) is 0 Å². The van der Waals surface area contributed by atoms with Gasteiger partial charge in [-0.3, -0.25) is 4.79 Å². The third-order valence-electron chi connectivity index (χ3n) is 1.76. The Morgan fingerprint density at radius 3 is 2.62 bits per heavy atom. The predicted octanol–water partition coefficient (Wildman–Crippen LogP) is 1.41. The van der Waals surface area contributed by atoms with Crippen molar-refractivity contribution in [2.24, 2.45) is 0 Å². The molecule has 0 heterocycles. The minimum Gasteiger partial charge on any atom is -0.323 e. The van der Waals surface area contributed by atoms with Crippen molar-refractivity contribution < 1.29 is 17.6 Å². The zero-order chi connectivity index (χ0) is 12.3. The predicted molar refractivity (Wildman–Crippen MR) is 58.9 cm³/mol. The van der Waals surface area contributed by atoms with Gasteiger partial charge in [0.15, 0.2) is 9.84 Å². The van der Waals surface area contributed by atoms with Gasteiger partial charge in [-0.1, -0.05) is 0 Å². The lowest BCUT2D eigenvalue weighted by Gasteiger charge is -2.06. The second-order valence-corrected chi connectivity index (χ2v) is 5.38. The molecule has 1 amide bonds. The second-order valence-electron chi connectivity index (χ2n) is 3.10. The average Bonchev–Trinajstić information content (AvgIpc) is 2.19. The number of alkyl halides is 1. The van der Waals surface area contributed by atoms with Crippen molar-refractivity contribution in [3.63, 3.8) is 0 Å². The van der Waals surface area contributed by atoms with Crippen molar-refractivity contribution in [3.8, 4) is 0 Å². The molecule has 0 spiro atoms. The van der Waals surface area contributed by atoms with E-state index in [9.17, 15) is 17.6 Å². The quantitative estimate of drug-likeness (QED) is 0.664. The molecule has 0 unspecified atom stereocenters. The fraction of sp³-hybridized carbons (Fsp3) is 0.222. The van der Waals surface area contributed by atoms with E-state index >= 15 is 0 Å². The van der Waals surface area contributed by atoms with Gasteiger partial charge < -0.3 is 5.32 Å². The summed E-state index contributed by atoms with van der Waals surface area (Å²) in [7, 11) is -3.44. The van der Waals surface area contributed by atoms with Gasteiger partial charge in [0, 0.05) is 6.26 Å². The Bertz CT molecular complexity index is 515. The highest BCUT2D eigenvalue weighted by Crippen LogP contribution is 2.19. The number of halogens is 2. The van der Waals surface area contributed by atoms with E-state index in [1.165, 1.54) is 0 Å². The van der Waals surface area contributed by atoms with Gasteiger partial charge in [0.1, 0.15) is 11.7 Å². The molecular formula is C9H9ClFNO3S. The Labute approximate surface area is 97.3 Å². The fourth-order valence-corrected chi connectivity index (χ4v) is 1.73. The molecule has 0 aliphatic carbocycles. The van der Waals surface area contributed by atoms with Gasteiger partial charge in [0.05, 0.1) is 10.6 Å². The molecule has 0 aromatic heterocycles. The van der Waals surface area contributed by atoms with Crippen molar-refractivity contribution in [1.82, 2.24) is 0 Å². The number of benzene rings is 1. The first kappa shape index (κ1) is 12.9. The molecule has 1 rings (SSSR count). The van der Waals surface area contributed by atoms with E-state index < -0.39 is 21.6 Å². The molecule has 0 saturated carbocycles. The number of sulfone groups is 1. The van der Waals surface area contributed by atoms with Crippen molar-refractivity contribution in [2.45, 2.75) is 4.90 Å². The topological polar surface area (TPSA) is 63.2 Å². The molecular weight excluding hydrogens is 257 g/mol. The first-order chi connectivity index (χ1) is 7.34. The van der Waals surface area contributed by atoms with E-state index in [1.54, 1.807) is 0 Å². The first-order valence-corrected chi connectivity index (χ1v) is 6.62. The maximum absolute atomic E-state index is 13.2.